The molecule has 0 amide bonds. The van der Waals surface area contributed by atoms with E-state index in [1.807, 2.05) is 6.07 Å². The van der Waals surface area contributed by atoms with Crippen LogP contribution in [0.25, 0.3) is 0 Å². The summed E-state index contributed by atoms with van der Waals surface area (Å²) in [5.41, 5.74) is 0.711. The minimum absolute atomic E-state index is 0.00701. The number of aryl methyl sites for hydroxylation is 1. The largest absolute Gasteiger partial charge is 0.489 e. The van der Waals surface area contributed by atoms with Gasteiger partial charge in [0.1, 0.15) is 17.9 Å². The molecule has 2 heterocycles. The number of nitrogens with zero attached hydrogens (tertiary/aromatic N) is 3. The molecule has 26 heavy (non-hydrogen) atoms. The number of benzene rings is 1. The molecule has 0 saturated carbocycles. The Kier molecular flexibility index (Phi) is 4.85. The summed E-state index contributed by atoms with van der Waals surface area (Å²) in [7, 11) is -2.09. The smallest absolute Gasteiger partial charge is 0.254 e. The Morgan fingerprint density at radius 1 is 1.27 bits per heavy atom. The standard InChI is InChI=1S/C18H19N3O4S/c1-13-9-16(10-18(22)20(13)2)25-15-7-8-21(12-15)26(23,24)17-6-4-3-5-14(17)11-19/h3-6,9-10,15H,7-8,12H2,1-2H3. The molecule has 1 saturated heterocycles. The first kappa shape index (κ1) is 18.2. The normalized spacial score (nSPS) is 17.8. The molecule has 0 aliphatic carbocycles. The van der Waals surface area contributed by atoms with Gasteiger partial charge >= 0.3 is 0 Å². The van der Waals surface area contributed by atoms with Crippen LogP contribution >= 0.6 is 0 Å². The quantitative estimate of drug-likeness (QED) is 0.808. The van der Waals surface area contributed by atoms with Gasteiger partial charge in [-0.1, -0.05) is 12.1 Å². The summed E-state index contributed by atoms with van der Waals surface area (Å²) in [5, 5.41) is 9.16. The van der Waals surface area contributed by atoms with Crippen LogP contribution in [0, 0.1) is 18.3 Å². The van der Waals surface area contributed by atoms with Crippen molar-refractivity contribution >= 4 is 10.0 Å². The van der Waals surface area contributed by atoms with Gasteiger partial charge in [0.25, 0.3) is 5.56 Å². The Hall–Kier alpha value is -2.63. The maximum atomic E-state index is 12.8. The van der Waals surface area contributed by atoms with E-state index < -0.39 is 10.0 Å². The van der Waals surface area contributed by atoms with Crippen molar-refractivity contribution in [3.8, 4) is 11.8 Å². The van der Waals surface area contributed by atoms with E-state index in [0.717, 1.165) is 5.69 Å². The van der Waals surface area contributed by atoms with E-state index in [1.54, 1.807) is 32.2 Å². The fraction of sp³-hybridized carbons (Fsp3) is 0.333. The monoisotopic (exact) mass is 373 g/mol. The Labute approximate surface area is 152 Å². The van der Waals surface area contributed by atoms with Crippen LogP contribution in [0.2, 0.25) is 0 Å². The first-order valence-corrected chi connectivity index (χ1v) is 9.60. The molecule has 1 atom stereocenters. The van der Waals surface area contributed by atoms with Crippen LogP contribution in [0.3, 0.4) is 0 Å². The van der Waals surface area contributed by atoms with Crippen molar-refractivity contribution in [2.45, 2.75) is 24.3 Å². The van der Waals surface area contributed by atoms with Gasteiger partial charge in [0, 0.05) is 25.4 Å². The summed E-state index contributed by atoms with van der Waals surface area (Å²) in [4.78, 5) is 11.9. The number of pyridine rings is 1. The molecular weight excluding hydrogens is 354 g/mol. The minimum atomic E-state index is -3.76. The molecule has 1 aromatic heterocycles. The lowest BCUT2D eigenvalue weighted by Gasteiger charge is -2.18. The lowest BCUT2D eigenvalue weighted by atomic mass is 10.2. The van der Waals surface area contributed by atoms with Crippen molar-refractivity contribution in [3.63, 3.8) is 0 Å². The van der Waals surface area contributed by atoms with Crippen LogP contribution in [0.5, 0.6) is 5.75 Å². The Bertz CT molecular complexity index is 1040. The summed E-state index contributed by atoms with van der Waals surface area (Å²) in [6.45, 7) is 2.28. The van der Waals surface area contributed by atoms with Gasteiger partial charge in [-0.05, 0) is 31.5 Å². The van der Waals surface area contributed by atoms with Gasteiger partial charge in [-0.15, -0.1) is 0 Å². The van der Waals surface area contributed by atoms with Gasteiger partial charge in [0.2, 0.25) is 10.0 Å². The molecule has 0 radical (unpaired) electrons. The van der Waals surface area contributed by atoms with E-state index in [4.69, 9.17) is 10.00 Å². The molecule has 2 aromatic rings. The van der Waals surface area contributed by atoms with Gasteiger partial charge in [-0.25, -0.2) is 8.42 Å². The van der Waals surface area contributed by atoms with E-state index in [2.05, 4.69) is 0 Å². The molecule has 0 bridgehead atoms. The molecule has 1 fully saturated rings. The molecule has 0 spiro atoms. The summed E-state index contributed by atoms with van der Waals surface area (Å²) < 4.78 is 34.3. The highest BCUT2D eigenvalue weighted by Crippen LogP contribution is 2.25. The van der Waals surface area contributed by atoms with E-state index in [-0.39, 0.29) is 28.7 Å². The molecule has 1 aliphatic heterocycles. The molecule has 136 valence electrons. The fourth-order valence-electron chi connectivity index (χ4n) is 2.93. The molecule has 8 heteroatoms. The van der Waals surface area contributed by atoms with Gasteiger partial charge in [0.05, 0.1) is 17.0 Å². The average Bonchev–Trinajstić information content (AvgIpc) is 3.09. The third-order valence-corrected chi connectivity index (χ3v) is 6.44. The Morgan fingerprint density at radius 2 is 2.00 bits per heavy atom. The first-order chi connectivity index (χ1) is 12.3. The molecule has 3 rings (SSSR count). The van der Waals surface area contributed by atoms with Gasteiger partial charge in [-0.3, -0.25) is 4.79 Å². The fourth-order valence-corrected chi connectivity index (χ4v) is 4.56. The van der Waals surface area contributed by atoms with E-state index in [9.17, 15) is 13.2 Å². The average molecular weight is 373 g/mol. The summed E-state index contributed by atoms with van der Waals surface area (Å²) in [6, 6.07) is 11.2. The van der Waals surface area contributed by atoms with Crippen molar-refractivity contribution < 1.29 is 13.2 Å². The third-order valence-electron chi connectivity index (χ3n) is 4.51. The number of nitriles is 1. The second-order valence-electron chi connectivity index (χ2n) is 6.23. The Morgan fingerprint density at radius 3 is 2.69 bits per heavy atom. The number of ether oxygens (including phenoxy) is 1. The van der Waals surface area contributed by atoms with Crippen molar-refractivity contribution in [1.29, 1.82) is 5.26 Å². The van der Waals surface area contributed by atoms with E-state index in [1.165, 1.54) is 27.1 Å². The van der Waals surface area contributed by atoms with Gasteiger partial charge in [0.15, 0.2) is 0 Å². The molecular formula is C18H19N3O4S. The van der Waals surface area contributed by atoms with Crippen LogP contribution in [-0.4, -0.2) is 36.5 Å². The van der Waals surface area contributed by atoms with Crippen molar-refractivity contribution in [2.75, 3.05) is 13.1 Å². The summed E-state index contributed by atoms with van der Waals surface area (Å²) >= 11 is 0. The minimum Gasteiger partial charge on any atom is -0.489 e. The zero-order valence-electron chi connectivity index (χ0n) is 14.5. The summed E-state index contributed by atoms with van der Waals surface area (Å²) in [5.74, 6) is 0.437. The summed E-state index contributed by atoms with van der Waals surface area (Å²) in [6.07, 6.45) is 0.174. The second kappa shape index (κ2) is 6.94. The maximum Gasteiger partial charge on any atom is 0.254 e. The number of rotatable bonds is 4. The highest BCUT2D eigenvalue weighted by atomic mass is 32.2. The van der Waals surface area contributed by atoms with Crippen LogP contribution in [0.15, 0.2) is 46.1 Å². The van der Waals surface area contributed by atoms with Crippen molar-refractivity contribution in [2.24, 2.45) is 7.05 Å². The van der Waals surface area contributed by atoms with E-state index >= 15 is 0 Å². The predicted octanol–water partition coefficient (Wildman–Crippen LogP) is 1.41. The van der Waals surface area contributed by atoms with Crippen LogP contribution in [-0.2, 0) is 17.1 Å². The van der Waals surface area contributed by atoms with E-state index in [0.29, 0.717) is 18.7 Å². The van der Waals surface area contributed by atoms with Gasteiger partial charge in [-0.2, -0.15) is 9.57 Å². The predicted molar refractivity (Wildman–Crippen MR) is 95.4 cm³/mol. The number of hydrogen-bond donors (Lipinski definition) is 0. The first-order valence-electron chi connectivity index (χ1n) is 8.16. The van der Waals surface area contributed by atoms with Crippen LogP contribution in [0.4, 0.5) is 0 Å². The lowest BCUT2D eigenvalue weighted by Crippen LogP contribution is -2.31. The van der Waals surface area contributed by atoms with Gasteiger partial charge < -0.3 is 9.30 Å². The molecule has 1 aromatic carbocycles. The number of aromatic nitrogens is 1. The van der Waals surface area contributed by atoms with Crippen LogP contribution < -0.4 is 10.3 Å². The molecule has 7 nitrogen and oxygen atoms in total. The zero-order valence-corrected chi connectivity index (χ0v) is 15.4. The maximum absolute atomic E-state index is 12.8. The second-order valence-corrected chi connectivity index (χ2v) is 8.14. The van der Waals surface area contributed by atoms with Crippen LogP contribution in [0.1, 0.15) is 17.7 Å². The third kappa shape index (κ3) is 3.36. The zero-order chi connectivity index (χ0) is 18.9. The van der Waals surface area contributed by atoms with Crippen molar-refractivity contribution in [1.82, 2.24) is 8.87 Å². The number of sulfonamides is 1. The van der Waals surface area contributed by atoms with Crippen molar-refractivity contribution in [3.05, 3.63) is 58.0 Å². The lowest BCUT2D eigenvalue weighted by molar-refractivity contribution is 0.214. The molecule has 1 aliphatic rings. The number of hydrogen-bond acceptors (Lipinski definition) is 5. The molecule has 0 N–H and O–H groups in total. The molecule has 1 unspecified atom stereocenters. The highest BCUT2D eigenvalue weighted by Gasteiger charge is 2.34. The highest BCUT2D eigenvalue weighted by molar-refractivity contribution is 7.89. The Balaban J connectivity index is 1.78. The SMILES string of the molecule is Cc1cc(OC2CCN(S(=O)(=O)c3ccccc3C#N)C2)cc(=O)n1C. The topological polar surface area (TPSA) is 92.4 Å².